The van der Waals surface area contributed by atoms with E-state index < -0.39 is 0 Å². The largest absolute Gasteiger partial charge is 0.486 e. The molecule has 0 atom stereocenters. The quantitative estimate of drug-likeness (QED) is 0.872. The Morgan fingerprint density at radius 2 is 2.04 bits per heavy atom. The molecule has 1 amide bonds. The van der Waals surface area contributed by atoms with Crippen LogP contribution in [0, 0.1) is 0 Å². The van der Waals surface area contributed by atoms with Crippen molar-refractivity contribution in [3.63, 3.8) is 0 Å². The number of fused-ring (bicyclic) bond motifs is 1. The highest BCUT2D eigenvalue weighted by Crippen LogP contribution is 2.32. The second kappa shape index (κ2) is 8.10. The van der Waals surface area contributed by atoms with Crippen LogP contribution in [0.4, 0.5) is 5.13 Å². The van der Waals surface area contributed by atoms with Gasteiger partial charge in [-0.25, -0.2) is 4.98 Å². The molecule has 1 aromatic heterocycles. The normalized spacial score (nSPS) is 16.9. The Hall–Kier alpha value is -2.38. The third-order valence-corrected chi connectivity index (χ3v) is 5.55. The molecule has 1 aromatic carbocycles. The molecule has 2 aliphatic heterocycles. The van der Waals surface area contributed by atoms with E-state index in [4.69, 9.17) is 9.47 Å². The summed E-state index contributed by atoms with van der Waals surface area (Å²) in [4.78, 5) is 19.0. The van der Waals surface area contributed by atoms with E-state index in [1.54, 1.807) is 11.3 Å². The standard InChI is InChI=1S/C20H23N3O3S/c1-14(24)22-20-21-12-17(27-20)13-23-6-4-15(5-7-23)10-16-2-3-18-19(11-16)26-9-8-25-18/h2-3,10-12H,4-9,13H2,1H3,(H,21,22,24). The number of amides is 1. The van der Waals surface area contributed by atoms with Gasteiger partial charge < -0.3 is 14.8 Å². The second-order valence-electron chi connectivity index (χ2n) is 6.79. The van der Waals surface area contributed by atoms with Gasteiger partial charge in [-0.15, -0.1) is 11.3 Å². The minimum Gasteiger partial charge on any atom is -0.486 e. The zero-order valence-corrected chi connectivity index (χ0v) is 16.2. The summed E-state index contributed by atoms with van der Waals surface area (Å²) in [6.45, 7) is 5.68. The fourth-order valence-corrected chi connectivity index (χ4v) is 4.24. The molecule has 0 saturated carbocycles. The van der Waals surface area contributed by atoms with E-state index in [9.17, 15) is 4.79 Å². The van der Waals surface area contributed by atoms with E-state index in [0.717, 1.165) is 44.0 Å². The SMILES string of the molecule is CC(=O)Nc1ncc(CN2CCC(=Cc3ccc4c(c3)OCCO4)CC2)s1. The van der Waals surface area contributed by atoms with E-state index in [1.807, 2.05) is 12.3 Å². The van der Waals surface area contributed by atoms with Crippen LogP contribution < -0.4 is 14.8 Å². The Labute approximate surface area is 162 Å². The molecule has 0 bridgehead atoms. The maximum absolute atomic E-state index is 11.1. The topological polar surface area (TPSA) is 63.7 Å². The number of nitrogens with one attached hydrogen (secondary N) is 1. The van der Waals surface area contributed by atoms with Crippen LogP contribution in [-0.2, 0) is 11.3 Å². The van der Waals surface area contributed by atoms with Crippen molar-refractivity contribution >= 4 is 28.5 Å². The van der Waals surface area contributed by atoms with Crippen molar-refractivity contribution < 1.29 is 14.3 Å². The summed E-state index contributed by atoms with van der Waals surface area (Å²) in [6.07, 6.45) is 6.26. The molecule has 27 heavy (non-hydrogen) atoms. The number of thiazole rings is 1. The number of rotatable bonds is 4. The number of hydrogen-bond acceptors (Lipinski definition) is 6. The number of likely N-dealkylation sites (tertiary alicyclic amines) is 1. The molecule has 0 unspecified atom stereocenters. The highest BCUT2D eigenvalue weighted by Gasteiger charge is 2.16. The van der Waals surface area contributed by atoms with Crippen LogP contribution in [0.5, 0.6) is 11.5 Å². The van der Waals surface area contributed by atoms with Crippen LogP contribution in [0.3, 0.4) is 0 Å². The zero-order valence-electron chi connectivity index (χ0n) is 15.4. The second-order valence-corrected chi connectivity index (χ2v) is 7.91. The molecule has 1 fully saturated rings. The summed E-state index contributed by atoms with van der Waals surface area (Å²) in [5, 5.41) is 3.41. The van der Waals surface area contributed by atoms with Gasteiger partial charge in [0, 0.05) is 37.6 Å². The first-order chi connectivity index (χ1) is 13.2. The lowest BCUT2D eigenvalue weighted by Gasteiger charge is -2.27. The maximum atomic E-state index is 11.1. The molecule has 4 rings (SSSR count). The lowest BCUT2D eigenvalue weighted by molar-refractivity contribution is -0.114. The van der Waals surface area contributed by atoms with Gasteiger partial charge in [0.1, 0.15) is 13.2 Å². The molecule has 0 spiro atoms. The summed E-state index contributed by atoms with van der Waals surface area (Å²) in [7, 11) is 0. The number of aromatic nitrogens is 1. The number of benzene rings is 1. The number of anilines is 1. The van der Waals surface area contributed by atoms with Crippen LogP contribution in [0.1, 0.15) is 30.2 Å². The predicted molar refractivity (Wildman–Crippen MR) is 106 cm³/mol. The Morgan fingerprint density at radius 3 is 2.81 bits per heavy atom. The first-order valence-corrected chi connectivity index (χ1v) is 10.0. The fraction of sp³-hybridized carbons (Fsp3) is 0.400. The Morgan fingerprint density at radius 1 is 1.26 bits per heavy atom. The van der Waals surface area contributed by atoms with Crippen LogP contribution in [0.25, 0.3) is 6.08 Å². The van der Waals surface area contributed by atoms with Crippen LogP contribution in [0.2, 0.25) is 0 Å². The Kier molecular flexibility index (Phi) is 5.40. The van der Waals surface area contributed by atoms with Crippen LogP contribution in [0.15, 0.2) is 30.0 Å². The third kappa shape index (κ3) is 4.67. The number of piperidine rings is 1. The molecule has 1 N–H and O–H groups in total. The molecule has 6 nitrogen and oxygen atoms in total. The zero-order chi connectivity index (χ0) is 18.6. The summed E-state index contributed by atoms with van der Waals surface area (Å²) in [6, 6.07) is 6.15. The molecule has 0 aliphatic carbocycles. The molecular formula is C20H23N3O3S. The monoisotopic (exact) mass is 385 g/mol. The van der Waals surface area contributed by atoms with Crippen LogP contribution >= 0.6 is 11.3 Å². The van der Waals surface area contributed by atoms with Gasteiger partial charge in [-0.05, 0) is 30.5 Å². The minimum atomic E-state index is -0.0807. The average Bonchev–Trinajstić information content (AvgIpc) is 3.09. The molecular weight excluding hydrogens is 362 g/mol. The fourth-order valence-electron chi connectivity index (χ4n) is 3.34. The van der Waals surface area contributed by atoms with Crippen molar-refractivity contribution in [3.8, 4) is 11.5 Å². The van der Waals surface area contributed by atoms with Crippen LogP contribution in [-0.4, -0.2) is 42.1 Å². The molecule has 7 heteroatoms. The lowest BCUT2D eigenvalue weighted by atomic mass is 10.0. The van der Waals surface area contributed by atoms with Gasteiger partial charge in [0.25, 0.3) is 0 Å². The number of carbonyl (C=O) groups excluding carboxylic acids is 1. The average molecular weight is 385 g/mol. The van der Waals surface area contributed by atoms with Crippen molar-refractivity contribution in [3.05, 3.63) is 40.4 Å². The van der Waals surface area contributed by atoms with Gasteiger partial charge in [-0.1, -0.05) is 17.7 Å². The van der Waals surface area contributed by atoms with E-state index in [0.29, 0.717) is 18.3 Å². The van der Waals surface area contributed by atoms with Crippen molar-refractivity contribution in [2.75, 3.05) is 31.6 Å². The smallest absolute Gasteiger partial charge is 0.223 e. The maximum Gasteiger partial charge on any atom is 0.223 e. The van der Waals surface area contributed by atoms with E-state index >= 15 is 0 Å². The molecule has 142 valence electrons. The molecule has 2 aromatic rings. The van der Waals surface area contributed by atoms with Crippen molar-refractivity contribution in [2.45, 2.75) is 26.3 Å². The van der Waals surface area contributed by atoms with Gasteiger partial charge in [-0.3, -0.25) is 9.69 Å². The van der Waals surface area contributed by atoms with Crippen molar-refractivity contribution in [2.24, 2.45) is 0 Å². The molecule has 2 aliphatic rings. The highest BCUT2D eigenvalue weighted by atomic mass is 32.1. The number of carbonyl (C=O) groups is 1. The minimum absolute atomic E-state index is 0.0807. The first-order valence-electron chi connectivity index (χ1n) is 9.19. The summed E-state index contributed by atoms with van der Waals surface area (Å²) in [5.74, 6) is 1.59. The summed E-state index contributed by atoms with van der Waals surface area (Å²) < 4.78 is 11.3. The third-order valence-electron chi connectivity index (χ3n) is 4.65. The number of ether oxygens (including phenoxy) is 2. The van der Waals surface area contributed by atoms with Gasteiger partial charge in [-0.2, -0.15) is 0 Å². The summed E-state index contributed by atoms with van der Waals surface area (Å²) >= 11 is 1.55. The molecule has 1 saturated heterocycles. The van der Waals surface area contributed by atoms with Crippen molar-refractivity contribution in [1.29, 1.82) is 0 Å². The Balaban J connectivity index is 1.32. The van der Waals surface area contributed by atoms with Gasteiger partial charge in [0.15, 0.2) is 16.6 Å². The van der Waals surface area contributed by atoms with Crippen molar-refractivity contribution in [1.82, 2.24) is 9.88 Å². The summed E-state index contributed by atoms with van der Waals surface area (Å²) in [5.41, 5.74) is 2.64. The molecule has 0 radical (unpaired) electrons. The van der Waals surface area contributed by atoms with E-state index in [1.165, 1.54) is 22.9 Å². The van der Waals surface area contributed by atoms with Gasteiger partial charge >= 0.3 is 0 Å². The Bertz CT molecular complexity index is 852. The van der Waals surface area contributed by atoms with E-state index in [2.05, 4.69) is 33.4 Å². The predicted octanol–water partition coefficient (Wildman–Crippen LogP) is 3.55. The van der Waals surface area contributed by atoms with Gasteiger partial charge in [0.2, 0.25) is 5.91 Å². The molecule has 3 heterocycles. The number of nitrogens with zero attached hydrogens (tertiary/aromatic N) is 2. The van der Waals surface area contributed by atoms with Gasteiger partial charge in [0.05, 0.1) is 0 Å². The first kappa shape index (κ1) is 18.0. The lowest BCUT2D eigenvalue weighted by Crippen LogP contribution is -2.29. The van der Waals surface area contributed by atoms with E-state index in [-0.39, 0.29) is 5.91 Å². The highest BCUT2D eigenvalue weighted by molar-refractivity contribution is 7.15. The number of hydrogen-bond donors (Lipinski definition) is 1.